The van der Waals surface area contributed by atoms with Gasteiger partial charge in [0.1, 0.15) is 12.4 Å². The molecule has 1 spiro atoms. The molecule has 0 bridgehead atoms. The van der Waals surface area contributed by atoms with Crippen molar-refractivity contribution in [3.63, 3.8) is 0 Å². The summed E-state index contributed by atoms with van der Waals surface area (Å²) in [5, 5.41) is 3.47. The molecule has 4 rings (SSSR count). The van der Waals surface area contributed by atoms with E-state index in [1.807, 2.05) is 30.3 Å². The Morgan fingerprint density at radius 3 is 2.73 bits per heavy atom. The van der Waals surface area contributed by atoms with E-state index in [1.54, 1.807) is 6.20 Å². The van der Waals surface area contributed by atoms with E-state index in [0.29, 0.717) is 13.2 Å². The average Bonchev–Trinajstić information content (AvgIpc) is 3.32. The number of benzene rings is 1. The number of pyridine rings is 1. The lowest BCUT2D eigenvalue weighted by atomic mass is 10.2. The highest BCUT2D eigenvalue weighted by atomic mass is 16.7. The zero-order valence-corrected chi connectivity index (χ0v) is 15.0. The molecule has 26 heavy (non-hydrogen) atoms. The summed E-state index contributed by atoms with van der Waals surface area (Å²) in [5.74, 6) is 0.592. The molecule has 2 aromatic rings. The molecule has 1 aromatic carbocycles. The zero-order chi connectivity index (χ0) is 17.7. The number of hydrogen-bond donors (Lipinski definition) is 1. The zero-order valence-electron chi connectivity index (χ0n) is 15.0. The lowest BCUT2D eigenvalue weighted by molar-refractivity contribution is -0.161. The lowest BCUT2D eigenvalue weighted by Gasteiger charge is -2.22. The van der Waals surface area contributed by atoms with Crippen LogP contribution in [0.15, 0.2) is 48.7 Å². The summed E-state index contributed by atoms with van der Waals surface area (Å²) in [6.07, 6.45) is 6.46. The molecule has 138 valence electrons. The molecule has 0 amide bonds. The number of ether oxygens (including phenoxy) is 3. The van der Waals surface area contributed by atoms with E-state index in [2.05, 4.69) is 22.4 Å². The Morgan fingerprint density at radius 1 is 1.12 bits per heavy atom. The van der Waals surface area contributed by atoms with Crippen molar-refractivity contribution in [2.45, 2.75) is 50.7 Å². The first-order valence-corrected chi connectivity index (χ1v) is 9.46. The average molecular weight is 354 g/mol. The number of nitrogens with zero attached hydrogens (tertiary/aromatic N) is 1. The summed E-state index contributed by atoms with van der Waals surface area (Å²) in [6, 6.07) is 14.0. The fourth-order valence-corrected chi connectivity index (χ4v) is 3.61. The highest BCUT2D eigenvalue weighted by molar-refractivity contribution is 5.27. The molecule has 1 saturated heterocycles. The topological polar surface area (TPSA) is 52.6 Å². The van der Waals surface area contributed by atoms with Crippen molar-refractivity contribution in [3.8, 4) is 5.75 Å². The van der Waals surface area contributed by atoms with E-state index in [-0.39, 0.29) is 11.9 Å². The summed E-state index contributed by atoms with van der Waals surface area (Å²) in [5.41, 5.74) is 2.15. The van der Waals surface area contributed by atoms with Gasteiger partial charge >= 0.3 is 0 Å². The Labute approximate surface area is 154 Å². The molecule has 1 aromatic heterocycles. The predicted octanol–water partition coefficient (Wildman–Crippen LogP) is 3.44. The van der Waals surface area contributed by atoms with Crippen molar-refractivity contribution in [2.75, 3.05) is 13.2 Å². The van der Waals surface area contributed by atoms with Gasteiger partial charge < -0.3 is 19.5 Å². The summed E-state index contributed by atoms with van der Waals surface area (Å²) >= 11 is 0. The molecule has 1 saturated carbocycles. The second-order valence-corrected chi connectivity index (χ2v) is 7.05. The Hall–Kier alpha value is -1.95. The Morgan fingerprint density at radius 2 is 1.96 bits per heavy atom. The summed E-state index contributed by atoms with van der Waals surface area (Å²) < 4.78 is 17.8. The molecule has 5 nitrogen and oxygen atoms in total. The third kappa shape index (κ3) is 4.41. The Kier molecular flexibility index (Phi) is 5.48. The number of nitrogens with one attached hydrogen (secondary N) is 1. The van der Waals surface area contributed by atoms with Crippen LogP contribution in [-0.4, -0.2) is 30.0 Å². The number of rotatable bonds is 7. The molecule has 5 heteroatoms. The molecule has 1 aliphatic carbocycles. The van der Waals surface area contributed by atoms with Crippen LogP contribution in [0.3, 0.4) is 0 Å². The van der Waals surface area contributed by atoms with Gasteiger partial charge in [-0.2, -0.15) is 0 Å². The highest BCUT2D eigenvalue weighted by Crippen LogP contribution is 2.38. The van der Waals surface area contributed by atoms with Crippen LogP contribution < -0.4 is 10.1 Å². The number of aromatic nitrogens is 1. The monoisotopic (exact) mass is 354 g/mol. The summed E-state index contributed by atoms with van der Waals surface area (Å²) in [4.78, 5) is 4.26. The van der Waals surface area contributed by atoms with E-state index in [0.717, 1.165) is 37.4 Å². The third-order valence-electron chi connectivity index (χ3n) is 5.02. The van der Waals surface area contributed by atoms with Gasteiger partial charge in [-0.3, -0.25) is 4.98 Å². The maximum atomic E-state index is 6.13. The van der Waals surface area contributed by atoms with Gasteiger partial charge in [-0.05, 0) is 42.7 Å². The van der Waals surface area contributed by atoms with Gasteiger partial charge in [0.2, 0.25) is 0 Å². The van der Waals surface area contributed by atoms with Crippen LogP contribution >= 0.6 is 0 Å². The second-order valence-electron chi connectivity index (χ2n) is 7.05. The normalized spacial score (nSPS) is 21.3. The molecule has 1 N–H and O–H groups in total. The maximum Gasteiger partial charge on any atom is 0.168 e. The molecule has 0 radical (unpaired) electrons. The van der Waals surface area contributed by atoms with Crippen LogP contribution in [0.1, 0.15) is 36.9 Å². The first-order valence-electron chi connectivity index (χ1n) is 9.46. The van der Waals surface area contributed by atoms with Gasteiger partial charge in [0.15, 0.2) is 5.79 Å². The van der Waals surface area contributed by atoms with Crippen molar-refractivity contribution < 1.29 is 14.2 Å². The van der Waals surface area contributed by atoms with Crippen molar-refractivity contribution in [3.05, 3.63) is 59.9 Å². The molecular weight excluding hydrogens is 328 g/mol. The van der Waals surface area contributed by atoms with E-state index >= 15 is 0 Å². The van der Waals surface area contributed by atoms with Crippen LogP contribution in [0, 0.1) is 0 Å². The van der Waals surface area contributed by atoms with Gasteiger partial charge in [-0.25, -0.2) is 0 Å². The van der Waals surface area contributed by atoms with E-state index in [1.165, 1.54) is 18.4 Å². The molecule has 1 atom stereocenters. The SMILES string of the molecule is c1ccc(COc2ccc(CNCC3COC4(CCCC4)O3)cc2)nc1. The maximum absolute atomic E-state index is 6.13. The van der Waals surface area contributed by atoms with Crippen molar-refractivity contribution in [1.82, 2.24) is 10.3 Å². The molecular formula is C21H26N2O3. The van der Waals surface area contributed by atoms with Crippen LogP contribution in [-0.2, 0) is 22.6 Å². The van der Waals surface area contributed by atoms with Gasteiger partial charge in [-0.15, -0.1) is 0 Å². The molecule has 1 unspecified atom stereocenters. The first kappa shape index (κ1) is 17.5. The Balaban J connectivity index is 1.18. The van der Waals surface area contributed by atoms with E-state index in [9.17, 15) is 0 Å². The first-order chi connectivity index (χ1) is 12.8. The fraction of sp³-hybridized carbons (Fsp3) is 0.476. The van der Waals surface area contributed by atoms with Gasteiger partial charge in [0, 0.05) is 32.1 Å². The Bertz CT molecular complexity index is 684. The van der Waals surface area contributed by atoms with E-state index < -0.39 is 0 Å². The van der Waals surface area contributed by atoms with Crippen molar-refractivity contribution in [2.24, 2.45) is 0 Å². The summed E-state index contributed by atoms with van der Waals surface area (Å²) in [6.45, 7) is 2.82. The third-order valence-corrected chi connectivity index (χ3v) is 5.02. The lowest BCUT2D eigenvalue weighted by Crippen LogP contribution is -2.31. The largest absolute Gasteiger partial charge is 0.487 e. The molecule has 2 heterocycles. The van der Waals surface area contributed by atoms with Crippen LogP contribution in [0.25, 0.3) is 0 Å². The molecule has 2 aliphatic rings. The minimum Gasteiger partial charge on any atom is -0.487 e. The standard InChI is InChI=1S/C21H26N2O3/c1-4-12-23-18(5-1)15-24-19-8-6-17(7-9-19)13-22-14-20-16-25-21(26-20)10-2-3-11-21/h1,4-9,12,20,22H,2-3,10-11,13-16H2. The highest BCUT2D eigenvalue weighted by Gasteiger charge is 2.43. The van der Waals surface area contributed by atoms with Gasteiger partial charge in [-0.1, -0.05) is 18.2 Å². The van der Waals surface area contributed by atoms with Gasteiger partial charge in [0.25, 0.3) is 0 Å². The molecule has 1 aliphatic heterocycles. The minimum atomic E-state index is -0.265. The minimum absolute atomic E-state index is 0.161. The van der Waals surface area contributed by atoms with Gasteiger partial charge in [0.05, 0.1) is 18.4 Å². The van der Waals surface area contributed by atoms with Crippen LogP contribution in [0.4, 0.5) is 0 Å². The van der Waals surface area contributed by atoms with Crippen molar-refractivity contribution >= 4 is 0 Å². The van der Waals surface area contributed by atoms with Crippen molar-refractivity contribution in [1.29, 1.82) is 0 Å². The van der Waals surface area contributed by atoms with E-state index in [4.69, 9.17) is 14.2 Å². The second kappa shape index (κ2) is 8.16. The fourth-order valence-electron chi connectivity index (χ4n) is 3.61. The molecule has 2 fully saturated rings. The van der Waals surface area contributed by atoms with Crippen LogP contribution in [0.2, 0.25) is 0 Å². The quantitative estimate of drug-likeness (QED) is 0.825. The summed E-state index contributed by atoms with van der Waals surface area (Å²) in [7, 11) is 0. The number of hydrogen-bond acceptors (Lipinski definition) is 5. The van der Waals surface area contributed by atoms with Crippen LogP contribution in [0.5, 0.6) is 5.75 Å². The predicted molar refractivity (Wildman–Crippen MR) is 98.7 cm³/mol. The smallest absolute Gasteiger partial charge is 0.168 e.